The molecule has 90 valence electrons. The monoisotopic (exact) mass is 234 g/mol. The molecule has 0 heterocycles. The van der Waals surface area contributed by atoms with Crippen LogP contribution in [0.3, 0.4) is 0 Å². The molecule has 1 fully saturated rings. The van der Waals surface area contributed by atoms with Crippen molar-refractivity contribution in [2.75, 3.05) is 18.8 Å². The van der Waals surface area contributed by atoms with Crippen molar-refractivity contribution in [2.24, 2.45) is 17.1 Å². The molecule has 1 aliphatic rings. The number of hydrogen-bond donors (Lipinski definition) is 2. The SMILES string of the molecule is CC(C)CS(=O)(=O)NCC1(CCN)CC1. The van der Waals surface area contributed by atoms with Gasteiger partial charge in [0.05, 0.1) is 5.75 Å². The summed E-state index contributed by atoms with van der Waals surface area (Å²) in [5, 5.41) is 0. The smallest absolute Gasteiger partial charge is 0.211 e. The Labute approximate surface area is 92.7 Å². The van der Waals surface area contributed by atoms with E-state index in [1.807, 2.05) is 13.8 Å². The molecular formula is C10H22N2O2S. The molecule has 0 radical (unpaired) electrons. The highest BCUT2D eigenvalue weighted by atomic mass is 32.2. The lowest BCUT2D eigenvalue weighted by molar-refractivity contribution is 0.460. The third-order valence-corrected chi connectivity index (χ3v) is 4.54. The predicted molar refractivity (Wildman–Crippen MR) is 62.0 cm³/mol. The third kappa shape index (κ3) is 4.49. The van der Waals surface area contributed by atoms with Crippen molar-refractivity contribution in [1.82, 2.24) is 4.72 Å². The first-order valence-electron chi connectivity index (χ1n) is 5.57. The molecule has 0 amide bonds. The Hall–Kier alpha value is -0.130. The van der Waals surface area contributed by atoms with Crippen LogP contribution in [0.4, 0.5) is 0 Å². The molecule has 0 bridgehead atoms. The molecule has 0 atom stereocenters. The Morgan fingerprint density at radius 1 is 1.40 bits per heavy atom. The third-order valence-electron chi connectivity index (χ3n) is 2.85. The Morgan fingerprint density at radius 3 is 2.40 bits per heavy atom. The van der Waals surface area contributed by atoms with Crippen LogP contribution < -0.4 is 10.5 Å². The van der Waals surface area contributed by atoms with E-state index in [-0.39, 0.29) is 17.1 Å². The summed E-state index contributed by atoms with van der Waals surface area (Å²) in [5.74, 6) is 0.387. The van der Waals surface area contributed by atoms with Gasteiger partial charge in [0.15, 0.2) is 0 Å². The van der Waals surface area contributed by atoms with Crippen LogP contribution in [0, 0.1) is 11.3 Å². The minimum Gasteiger partial charge on any atom is -0.330 e. The second-order valence-corrected chi connectivity index (χ2v) is 6.89. The Balaban J connectivity index is 2.36. The summed E-state index contributed by atoms with van der Waals surface area (Å²) in [6.07, 6.45) is 3.14. The first kappa shape index (κ1) is 12.9. The Kier molecular flexibility index (Phi) is 4.14. The maximum atomic E-state index is 11.6. The van der Waals surface area contributed by atoms with Crippen LogP contribution >= 0.6 is 0 Å². The van der Waals surface area contributed by atoms with Crippen LogP contribution in [-0.4, -0.2) is 27.3 Å². The van der Waals surface area contributed by atoms with Crippen LogP contribution in [-0.2, 0) is 10.0 Å². The van der Waals surface area contributed by atoms with Gasteiger partial charge in [-0.15, -0.1) is 0 Å². The minimum absolute atomic E-state index is 0.173. The standard InChI is InChI=1S/C10H22N2O2S/c1-9(2)7-15(13,14)12-8-10(3-4-10)5-6-11/h9,12H,3-8,11H2,1-2H3. The predicted octanol–water partition coefficient (Wildman–Crippen LogP) is 0.691. The summed E-state index contributed by atoms with van der Waals surface area (Å²) in [7, 11) is -3.08. The van der Waals surface area contributed by atoms with E-state index in [2.05, 4.69) is 4.72 Å². The van der Waals surface area contributed by atoms with E-state index >= 15 is 0 Å². The van der Waals surface area contributed by atoms with Gasteiger partial charge >= 0.3 is 0 Å². The van der Waals surface area contributed by atoms with E-state index in [0.29, 0.717) is 13.1 Å². The molecule has 3 N–H and O–H groups in total. The van der Waals surface area contributed by atoms with Gasteiger partial charge in [-0.2, -0.15) is 0 Å². The number of sulfonamides is 1. The van der Waals surface area contributed by atoms with Gasteiger partial charge in [0.1, 0.15) is 0 Å². The second-order valence-electron chi connectivity index (χ2n) is 5.04. The quantitative estimate of drug-likeness (QED) is 0.681. The van der Waals surface area contributed by atoms with E-state index < -0.39 is 10.0 Å². The fraction of sp³-hybridized carbons (Fsp3) is 1.00. The zero-order valence-corrected chi connectivity index (χ0v) is 10.4. The first-order chi connectivity index (χ1) is 6.89. The molecule has 4 nitrogen and oxygen atoms in total. The molecule has 0 aromatic heterocycles. The summed E-state index contributed by atoms with van der Waals surface area (Å²) >= 11 is 0. The van der Waals surface area contributed by atoms with Crippen molar-refractivity contribution in [3.63, 3.8) is 0 Å². The van der Waals surface area contributed by atoms with Gasteiger partial charge in [0, 0.05) is 6.54 Å². The van der Waals surface area contributed by atoms with E-state index in [4.69, 9.17) is 5.73 Å². The van der Waals surface area contributed by atoms with Gasteiger partial charge in [0.25, 0.3) is 0 Å². The summed E-state index contributed by atoms with van der Waals surface area (Å²) in [5.41, 5.74) is 5.68. The molecule has 5 heteroatoms. The normalized spacial score (nSPS) is 19.5. The molecule has 1 rings (SSSR count). The molecule has 0 saturated heterocycles. The first-order valence-corrected chi connectivity index (χ1v) is 7.22. The molecule has 0 spiro atoms. The summed E-state index contributed by atoms with van der Waals surface area (Å²) in [6.45, 7) is 5.03. The lowest BCUT2D eigenvalue weighted by atomic mass is 10.0. The zero-order chi connectivity index (χ0) is 11.5. The highest BCUT2D eigenvalue weighted by Crippen LogP contribution is 2.47. The molecule has 0 aromatic carbocycles. The van der Waals surface area contributed by atoms with Crippen LogP contribution in [0.5, 0.6) is 0 Å². The average Bonchev–Trinajstić information content (AvgIpc) is 2.81. The molecule has 0 aliphatic heterocycles. The van der Waals surface area contributed by atoms with Crippen LogP contribution in [0.15, 0.2) is 0 Å². The van der Waals surface area contributed by atoms with Gasteiger partial charge in [-0.25, -0.2) is 13.1 Å². The van der Waals surface area contributed by atoms with Gasteiger partial charge < -0.3 is 5.73 Å². The van der Waals surface area contributed by atoms with Crippen molar-refractivity contribution in [1.29, 1.82) is 0 Å². The second kappa shape index (κ2) is 4.80. The molecule has 1 saturated carbocycles. The van der Waals surface area contributed by atoms with E-state index in [1.54, 1.807) is 0 Å². The van der Waals surface area contributed by atoms with Crippen molar-refractivity contribution in [3.8, 4) is 0 Å². The van der Waals surface area contributed by atoms with E-state index in [0.717, 1.165) is 19.3 Å². The van der Waals surface area contributed by atoms with Crippen molar-refractivity contribution < 1.29 is 8.42 Å². The summed E-state index contributed by atoms with van der Waals surface area (Å²) < 4.78 is 25.8. The number of nitrogens with one attached hydrogen (secondary N) is 1. The van der Waals surface area contributed by atoms with Crippen LogP contribution in [0.2, 0.25) is 0 Å². The highest BCUT2D eigenvalue weighted by Gasteiger charge is 2.42. The molecule has 0 aromatic rings. The maximum Gasteiger partial charge on any atom is 0.211 e. The Morgan fingerprint density at radius 2 is 2.00 bits per heavy atom. The maximum absolute atomic E-state index is 11.6. The average molecular weight is 234 g/mol. The molecule has 1 aliphatic carbocycles. The fourth-order valence-corrected chi connectivity index (χ4v) is 3.28. The van der Waals surface area contributed by atoms with Gasteiger partial charge in [0.2, 0.25) is 10.0 Å². The van der Waals surface area contributed by atoms with Crippen molar-refractivity contribution in [3.05, 3.63) is 0 Å². The van der Waals surface area contributed by atoms with Crippen molar-refractivity contribution in [2.45, 2.75) is 33.1 Å². The summed E-state index contributed by atoms with van der Waals surface area (Å²) in [4.78, 5) is 0. The molecule has 15 heavy (non-hydrogen) atoms. The van der Waals surface area contributed by atoms with Crippen molar-refractivity contribution >= 4 is 10.0 Å². The lowest BCUT2D eigenvalue weighted by Gasteiger charge is -2.15. The Bertz CT molecular complexity index is 295. The van der Waals surface area contributed by atoms with Crippen LogP contribution in [0.25, 0.3) is 0 Å². The largest absolute Gasteiger partial charge is 0.330 e. The number of nitrogens with two attached hydrogens (primary N) is 1. The van der Waals surface area contributed by atoms with Crippen LogP contribution in [0.1, 0.15) is 33.1 Å². The zero-order valence-electron chi connectivity index (χ0n) is 9.62. The minimum atomic E-state index is -3.08. The van der Waals surface area contributed by atoms with Gasteiger partial charge in [-0.3, -0.25) is 0 Å². The highest BCUT2D eigenvalue weighted by molar-refractivity contribution is 7.89. The van der Waals surface area contributed by atoms with Gasteiger partial charge in [-0.05, 0) is 37.1 Å². The number of rotatable bonds is 7. The summed E-state index contributed by atoms with van der Waals surface area (Å²) in [6, 6.07) is 0. The lowest BCUT2D eigenvalue weighted by Crippen LogP contribution is -2.34. The molecule has 0 unspecified atom stereocenters. The van der Waals surface area contributed by atoms with E-state index in [9.17, 15) is 8.42 Å². The number of hydrogen-bond acceptors (Lipinski definition) is 3. The van der Waals surface area contributed by atoms with Gasteiger partial charge in [-0.1, -0.05) is 13.8 Å². The van der Waals surface area contributed by atoms with E-state index in [1.165, 1.54) is 0 Å². The topological polar surface area (TPSA) is 72.2 Å². The fourth-order valence-electron chi connectivity index (χ4n) is 1.76. The molecular weight excluding hydrogens is 212 g/mol.